The standard InChI is InChI=1S/C19H12Cl2N2O2/c1-10-5-11(8-22)6-15-13(10)7-16(23(15)2)19(25)17-14(20)4-3-12(9-24)18(17)21/h3-7,9H,1-2H3. The fraction of sp³-hybridized carbons (Fsp3) is 0.105. The van der Waals surface area contributed by atoms with E-state index in [-0.39, 0.29) is 27.0 Å². The molecule has 0 aliphatic heterocycles. The Morgan fingerprint density at radius 2 is 1.96 bits per heavy atom. The number of nitrogens with zero attached hydrogens (tertiary/aromatic N) is 2. The molecule has 2 aromatic carbocycles. The summed E-state index contributed by atoms with van der Waals surface area (Å²) in [6.45, 7) is 1.88. The first-order chi connectivity index (χ1) is 11.9. The van der Waals surface area contributed by atoms with E-state index in [0.717, 1.165) is 16.5 Å². The predicted molar refractivity (Wildman–Crippen MR) is 97.7 cm³/mol. The van der Waals surface area contributed by atoms with Crippen LogP contribution in [0, 0.1) is 18.3 Å². The molecule has 1 heterocycles. The summed E-state index contributed by atoms with van der Waals surface area (Å²) in [5.41, 5.74) is 2.85. The molecule has 0 radical (unpaired) electrons. The smallest absolute Gasteiger partial charge is 0.212 e. The van der Waals surface area contributed by atoms with E-state index >= 15 is 0 Å². The molecule has 0 unspecified atom stereocenters. The SMILES string of the molecule is Cc1cc(C#N)cc2c1cc(C(=O)c1c(Cl)ccc(C=O)c1Cl)n2C. The van der Waals surface area contributed by atoms with E-state index in [4.69, 9.17) is 28.5 Å². The highest BCUT2D eigenvalue weighted by Gasteiger charge is 2.23. The number of nitriles is 1. The predicted octanol–water partition coefficient (Wildman–Crippen LogP) is 4.71. The molecule has 3 rings (SSSR count). The zero-order valence-corrected chi connectivity index (χ0v) is 14.9. The molecule has 124 valence electrons. The summed E-state index contributed by atoms with van der Waals surface area (Å²) in [4.78, 5) is 24.1. The summed E-state index contributed by atoms with van der Waals surface area (Å²) in [6.07, 6.45) is 0.584. The van der Waals surface area contributed by atoms with E-state index in [1.54, 1.807) is 29.8 Å². The summed E-state index contributed by atoms with van der Waals surface area (Å²) in [5, 5.41) is 10.2. The molecule has 0 bridgehead atoms. The van der Waals surface area contributed by atoms with Crippen molar-refractivity contribution in [3.8, 4) is 6.07 Å². The van der Waals surface area contributed by atoms with Gasteiger partial charge in [0.05, 0.1) is 32.9 Å². The maximum atomic E-state index is 13.0. The second-order valence-corrected chi connectivity index (χ2v) is 6.48. The van der Waals surface area contributed by atoms with Crippen molar-refractivity contribution < 1.29 is 9.59 Å². The summed E-state index contributed by atoms with van der Waals surface area (Å²) in [7, 11) is 1.74. The molecule has 0 spiro atoms. The van der Waals surface area contributed by atoms with Gasteiger partial charge in [0.1, 0.15) is 0 Å². The minimum Gasteiger partial charge on any atom is -0.341 e. The van der Waals surface area contributed by atoms with Crippen LogP contribution in [-0.4, -0.2) is 16.6 Å². The van der Waals surface area contributed by atoms with Gasteiger partial charge in [-0.1, -0.05) is 23.2 Å². The van der Waals surface area contributed by atoms with Gasteiger partial charge in [0.2, 0.25) is 5.78 Å². The average Bonchev–Trinajstić information content (AvgIpc) is 2.92. The number of aldehydes is 1. The van der Waals surface area contributed by atoms with Gasteiger partial charge in [-0.3, -0.25) is 9.59 Å². The van der Waals surface area contributed by atoms with Crippen LogP contribution in [0.4, 0.5) is 0 Å². The first-order valence-electron chi connectivity index (χ1n) is 7.37. The van der Waals surface area contributed by atoms with Crippen LogP contribution in [-0.2, 0) is 7.05 Å². The van der Waals surface area contributed by atoms with Gasteiger partial charge in [-0.2, -0.15) is 5.26 Å². The van der Waals surface area contributed by atoms with Crippen molar-refractivity contribution in [1.82, 2.24) is 4.57 Å². The number of carbonyl (C=O) groups excluding carboxylic acids is 2. The number of hydrogen-bond donors (Lipinski definition) is 0. The number of fused-ring (bicyclic) bond motifs is 1. The van der Waals surface area contributed by atoms with Gasteiger partial charge in [-0.15, -0.1) is 0 Å². The molecule has 0 aliphatic rings. The van der Waals surface area contributed by atoms with Crippen LogP contribution >= 0.6 is 23.2 Å². The van der Waals surface area contributed by atoms with E-state index in [9.17, 15) is 9.59 Å². The number of ketones is 1. The molecule has 0 saturated carbocycles. The molecular formula is C19H12Cl2N2O2. The van der Waals surface area contributed by atoms with Crippen molar-refractivity contribution in [3.63, 3.8) is 0 Å². The zero-order valence-electron chi connectivity index (χ0n) is 13.4. The quantitative estimate of drug-likeness (QED) is 0.495. The topological polar surface area (TPSA) is 62.9 Å². The van der Waals surface area contributed by atoms with Gasteiger partial charge in [0.25, 0.3) is 0 Å². The van der Waals surface area contributed by atoms with Crippen molar-refractivity contribution in [2.24, 2.45) is 7.05 Å². The molecule has 6 heteroatoms. The van der Waals surface area contributed by atoms with Gasteiger partial charge < -0.3 is 4.57 Å². The Labute approximate surface area is 154 Å². The Balaban J connectivity index is 2.26. The van der Waals surface area contributed by atoms with Crippen molar-refractivity contribution in [3.05, 3.63) is 68.3 Å². The minimum atomic E-state index is -0.379. The van der Waals surface area contributed by atoms with Gasteiger partial charge in [-0.25, -0.2) is 0 Å². The number of aromatic nitrogens is 1. The number of hydrogen-bond acceptors (Lipinski definition) is 3. The molecule has 0 amide bonds. The third-order valence-electron chi connectivity index (χ3n) is 4.21. The number of halogens is 2. The zero-order chi connectivity index (χ0) is 18.3. The van der Waals surface area contributed by atoms with E-state index in [1.807, 2.05) is 6.92 Å². The lowest BCUT2D eigenvalue weighted by Crippen LogP contribution is -2.09. The van der Waals surface area contributed by atoms with Crippen LogP contribution in [0.5, 0.6) is 0 Å². The van der Waals surface area contributed by atoms with Gasteiger partial charge >= 0.3 is 0 Å². The van der Waals surface area contributed by atoms with Gasteiger partial charge in [0, 0.05) is 23.5 Å². The van der Waals surface area contributed by atoms with Crippen LogP contribution in [0.15, 0.2) is 30.3 Å². The lowest BCUT2D eigenvalue weighted by molar-refractivity contribution is 0.103. The fourth-order valence-corrected chi connectivity index (χ4v) is 3.47. The fourth-order valence-electron chi connectivity index (χ4n) is 2.89. The molecule has 1 aromatic heterocycles. The van der Waals surface area contributed by atoms with Crippen LogP contribution in [0.1, 0.15) is 37.5 Å². The Morgan fingerprint density at radius 3 is 2.60 bits per heavy atom. The molecule has 0 N–H and O–H groups in total. The largest absolute Gasteiger partial charge is 0.341 e. The average molecular weight is 371 g/mol. The molecular weight excluding hydrogens is 359 g/mol. The van der Waals surface area contributed by atoms with Crippen molar-refractivity contribution in [1.29, 1.82) is 5.26 Å². The lowest BCUT2D eigenvalue weighted by atomic mass is 10.0. The molecule has 3 aromatic rings. The third kappa shape index (κ3) is 2.72. The Morgan fingerprint density at radius 1 is 1.24 bits per heavy atom. The molecule has 0 aliphatic carbocycles. The van der Waals surface area contributed by atoms with E-state index < -0.39 is 0 Å². The molecule has 4 nitrogen and oxygen atoms in total. The summed E-state index contributed by atoms with van der Waals surface area (Å²) in [5.74, 6) is -0.379. The van der Waals surface area contributed by atoms with E-state index in [0.29, 0.717) is 17.5 Å². The van der Waals surface area contributed by atoms with Crippen molar-refractivity contribution in [2.45, 2.75) is 6.92 Å². The first-order valence-corrected chi connectivity index (χ1v) is 8.12. The van der Waals surface area contributed by atoms with Crippen LogP contribution < -0.4 is 0 Å². The summed E-state index contributed by atoms with van der Waals surface area (Å²) < 4.78 is 1.70. The number of benzene rings is 2. The normalized spacial score (nSPS) is 10.7. The minimum absolute atomic E-state index is 0.0344. The molecule has 25 heavy (non-hydrogen) atoms. The Kier molecular flexibility index (Phi) is 4.38. The first kappa shape index (κ1) is 17.2. The summed E-state index contributed by atoms with van der Waals surface area (Å²) >= 11 is 12.4. The van der Waals surface area contributed by atoms with Gasteiger partial charge in [-0.05, 0) is 42.8 Å². The number of rotatable bonds is 3. The Bertz CT molecular complexity index is 1090. The molecule has 0 fully saturated rings. The van der Waals surface area contributed by atoms with E-state index in [1.165, 1.54) is 12.1 Å². The van der Waals surface area contributed by atoms with Crippen LogP contribution in [0.3, 0.4) is 0 Å². The lowest BCUT2D eigenvalue weighted by Gasteiger charge is -2.09. The van der Waals surface area contributed by atoms with Crippen molar-refractivity contribution in [2.75, 3.05) is 0 Å². The van der Waals surface area contributed by atoms with Crippen LogP contribution in [0.25, 0.3) is 10.9 Å². The third-order valence-corrected chi connectivity index (χ3v) is 4.93. The highest BCUT2D eigenvalue weighted by molar-refractivity contribution is 6.42. The van der Waals surface area contributed by atoms with Crippen molar-refractivity contribution >= 4 is 46.2 Å². The monoisotopic (exact) mass is 370 g/mol. The maximum absolute atomic E-state index is 13.0. The maximum Gasteiger partial charge on any atom is 0.212 e. The molecule has 0 atom stereocenters. The molecule has 0 saturated heterocycles. The van der Waals surface area contributed by atoms with E-state index in [2.05, 4.69) is 6.07 Å². The summed E-state index contributed by atoms with van der Waals surface area (Å²) in [6, 6.07) is 10.3. The second kappa shape index (κ2) is 6.36. The number of carbonyl (C=O) groups is 2. The highest BCUT2D eigenvalue weighted by Crippen LogP contribution is 2.32. The number of aryl methyl sites for hydroxylation is 2. The highest BCUT2D eigenvalue weighted by atomic mass is 35.5. The Hall–Kier alpha value is -2.61. The van der Waals surface area contributed by atoms with Crippen LogP contribution in [0.2, 0.25) is 10.0 Å². The second-order valence-electron chi connectivity index (χ2n) is 5.70. The van der Waals surface area contributed by atoms with Gasteiger partial charge in [0.15, 0.2) is 6.29 Å².